The molecule has 3 heterocycles. The summed E-state index contributed by atoms with van der Waals surface area (Å²) in [5.41, 5.74) is 22.1. The van der Waals surface area contributed by atoms with Gasteiger partial charge in [-0.25, -0.2) is 0 Å². The standard InChI is InChI=1S/C78H55N5/c1-8-22-58(23-9-1)79(59-24-10-2-11-25-59)65-40-46-77-71(52-65)69-50-56(38-44-75(69)82(77)63-32-18-6-19-33-63)54-36-42-73-67(48-54)68-49-55(37-43-74(68)81(73)62-30-16-5-17-31-62)57-39-45-76-70(51-57)72-53-66(41-47-78(72)83(76)64-34-20-7-21-35-64)80(60-26-12-3-13-27-60)61-28-14-4-15-29-61/h1-53,69,75H. The highest BCUT2D eigenvalue weighted by molar-refractivity contribution is 6.14. The Morgan fingerprint density at radius 3 is 1.11 bits per heavy atom. The van der Waals surface area contributed by atoms with Crippen LogP contribution in [0.4, 0.5) is 45.5 Å². The minimum atomic E-state index is 0.102. The lowest BCUT2D eigenvalue weighted by Gasteiger charge is -2.29. The van der Waals surface area contributed by atoms with Gasteiger partial charge >= 0.3 is 0 Å². The summed E-state index contributed by atoms with van der Waals surface area (Å²) >= 11 is 0. The zero-order chi connectivity index (χ0) is 54.8. The van der Waals surface area contributed by atoms with Crippen molar-refractivity contribution in [3.63, 3.8) is 0 Å². The summed E-state index contributed by atoms with van der Waals surface area (Å²) in [4.78, 5) is 7.25. The van der Waals surface area contributed by atoms with Crippen LogP contribution in [-0.2, 0) is 0 Å². The minimum Gasteiger partial charge on any atom is -0.333 e. The third kappa shape index (κ3) is 8.24. The monoisotopic (exact) mass is 1060 g/mol. The maximum absolute atomic E-state index is 2.53. The Bertz CT molecular complexity index is 4700. The highest BCUT2D eigenvalue weighted by Gasteiger charge is 2.39. The van der Waals surface area contributed by atoms with Crippen LogP contribution in [0.1, 0.15) is 17.0 Å². The van der Waals surface area contributed by atoms with Gasteiger partial charge in [0.1, 0.15) is 0 Å². The highest BCUT2D eigenvalue weighted by atomic mass is 15.2. The molecular weight excluding hydrogens is 1010 g/mol. The molecular formula is C78H55N5. The molecule has 0 radical (unpaired) electrons. The zero-order valence-electron chi connectivity index (χ0n) is 45.5. The van der Waals surface area contributed by atoms with Gasteiger partial charge in [-0.15, -0.1) is 0 Å². The second-order valence-corrected chi connectivity index (χ2v) is 21.7. The van der Waals surface area contributed by atoms with E-state index in [4.69, 9.17) is 0 Å². The van der Waals surface area contributed by atoms with Crippen LogP contribution in [0.5, 0.6) is 0 Å². The van der Waals surface area contributed by atoms with Gasteiger partial charge in [0.15, 0.2) is 0 Å². The smallest absolute Gasteiger partial charge is 0.0630 e. The molecule has 16 rings (SSSR count). The van der Waals surface area contributed by atoms with Crippen LogP contribution in [-0.4, -0.2) is 15.2 Å². The van der Waals surface area contributed by atoms with Crippen molar-refractivity contribution in [3.8, 4) is 22.5 Å². The highest BCUT2D eigenvalue weighted by Crippen LogP contribution is 2.52. The lowest BCUT2D eigenvalue weighted by atomic mass is 9.86. The predicted octanol–water partition coefficient (Wildman–Crippen LogP) is 20.7. The molecule has 2 unspecified atom stereocenters. The molecule has 5 heteroatoms. The summed E-state index contributed by atoms with van der Waals surface area (Å²) in [5.74, 6) is 0.102. The van der Waals surface area contributed by atoms with E-state index in [-0.39, 0.29) is 12.0 Å². The van der Waals surface area contributed by atoms with E-state index in [2.05, 4.69) is 345 Å². The number of fused-ring (bicyclic) bond motifs is 9. The average molecular weight is 1060 g/mol. The SMILES string of the molecule is C1=CC2C(C=C1c1ccc3c(c1)c1cc(-c4ccc5c(c4)c4cc(N(c6ccccc6)c6ccccc6)ccc4n5-c4ccccc4)ccc1n3-c1ccccc1)c1cc(N(c3ccccc3)c3ccccc3)ccc1N2c1ccccc1. The molecule has 392 valence electrons. The van der Waals surface area contributed by atoms with Crippen molar-refractivity contribution in [1.82, 2.24) is 9.13 Å². The van der Waals surface area contributed by atoms with E-state index in [9.17, 15) is 0 Å². The molecule has 0 spiro atoms. The first-order chi connectivity index (χ1) is 41.2. The van der Waals surface area contributed by atoms with Crippen LogP contribution < -0.4 is 14.7 Å². The Morgan fingerprint density at radius 1 is 0.289 bits per heavy atom. The van der Waals surface area contributed by atoms with Gasteiger partial charge in [0, 0.05) is 84.3 Å². The number of hydrogen-bond acceptors (Lipinski definition) is 3. The Balaban J connectivity index is 0.840. The van der Waals surface area contributed by atoms with Crippen LogP contribution in [0.15, 0.2) is 322 Å². The Hall–Kier alpha value is -10.9. The van der Waals surface area contributed by atoms with Crippen molar-refractivity contribution in [1.29, 1.82) is 0 Å². The van der Waals surface area contributed by atoms with Crippen molar-refractivity contribution in [2.75, 3.05) is 14.7 Å². The molecule has 2 aromatic heterocycles. The van der Waals surface area contributed by atoms with Crippen LogP contribution in [0, 0.1) is 0 Å². The van der Waals surface area contributed by atoms with Crippen LogP contribution >= 0.6 is 0 Å². The summed E-state index contributed by atoms with van der Waals surface area (Å²) in [6, 6.07) is 111. The number of anilines is 8. The van der Waals surface area contributed by atoms with E-state index < -0.39 is 0 Å². The molecule has 2 aliphatic rings. The van der Waals surface area contributed by atoms with Crippen molar-refractivity contribution < 1.29 is 0 Å². The second kappa shape index (κ2) is 20.0. The summed E-state index contributed by atoms with van der Waals surface area (Å²) in [7, 11) is 0. The van der Waals surface area contributed by atoms with Gasteiger partial charge in [0.25, 0.3) is 0 Å². The van der Waals surface area contributed by atoms with Gasteiger partial charge in [-0.3, -0.25) is 0 Å². The maximum atomic E-state index is 2.53. The first kappa shape index (κ1) is 48.1. The number of hydrogen-bond donors (Lipinski definition) is 0. The van der Waals surface area contributed by atoms with Crippen molar-refractivity contribution in [3.05, 3.63) is 333 Å². The zero-order valence-corrected chi connectivity index (χ0v) is 45.5. The molecule has 5 nitrogen and oxygen atoms in total. The van der Waals surface area contributed by atoms with Crippen LogP contribution in [0.25, 0.3) is 71.7 Å². The number of aromatic nitrogens is 2. The molecule has 12 aromatic carbocycles. The van der Waals surface area contributed by atoms with Crippen molar-refractivity contribution in [2.45, 2.75) is 12.0 Å². The summed E-state index contributed by atoms with van der Waals surface area (Å²) < 4.78 is 4.84. The second-order valence-electron chi connectivity index (χ2n) is 21.7. The first-order valence-corrected chi connectivity index (χ1v) is 28.7. The normalized spacial score (nSPS) is 14.5. The minimum absolute atomic E-state index is 0.102. The fourth-order valence-corrected chi connectivity index (χ4v) is 13.2. The van der Waals surface area contributed by atoms with E-state index >= 15 is 0 Å². The molecule has 0 amide bonds. The first-order valence-electron chi connectivity index (χ1n) is 28.7. The summed E-state index contributed by atoms with van der Waals surface area (Å²) in [5, 5.41) is 4.83. The lowest BCUT2D eigenvalue weighted by Crippen LogP contribution is -2.28. The predicted molar refractivity (Wildman–Crippen MR) is 349 cm³/mol. The van der Waals surface area contributed by atoms with Gasteiger partial charge in [-0.05, 0) is 186 Å². The fourth-order valence-electron chi connectivity index (χ4n) is 13.2. The number of nitrogens with zero attached hydrogens (tertiary/aromatic N) is 5. The maximum Gasteiger partial charge on any atom is 0.0630 e. The van der Waals surface area contributed by atoms with E-state index in [0.29, 0.717) is 0 Å². The molecule has 0 bridgehead atoms. The summed E-state index contributed by atoms with van der Waals surface area (Å²) in [6.07, 6.45) is 7.32. The van der Waals surface area contributed by atoms with Crippen LogP contribution in [0.3, 0.4) is 0 Å². The third-order valence-corrected chi connectivity index (χ3v) is 16.9. The molecule has 0 fully saturated rings. The van der Waals surface area contributed by atoms with Crippen LogP contribution in [0.2, 0.25) is 0 Å². The number of rotatable bonds is 11. The molecule has 1 aliphatic heterocycles. The van der Waals surface area contributed by atoms with E-state index in [0.717, 1.165) is 51.0 Å². The largest absolute Gasteiger partial charge is 0.333 e. The summed E-state index contributed by atoms with van der Waals surface area (Å²) in [6.45, 7) is 0. The lowest BCUT2D eigenvalue weighted by molar-refractivity contribution is 0.747. The molecule has 0 saturated heterocycles. The fraction of sp³-hybridized carbons (Fsp3) is 0.0256. The van der Waals surface area contributed by atoms with Gasteiger partial charge in [0.2, 0.25) is 0 Å². The number of benzene rings is 12. The average Bonchev–Trinajstić information content (AvgIpc) is 3.14. The van der Waals surface area contributed by atoms with Gasteiger partial charge in [-0.1, -0.05) is 164 Å². The Kier molecular flexibility index (Phi) is 11.6. The molecule has 14 aromatic rings. The molecule has 83 heavy (non-hydrogen) atoms. The van der Waals surface area contributed by atoms with Gasteiger partial charge in [-0.2, -0.15) is 0 Å². The Morgan fingerprint density at radius 2 is 0.651 bits per heavy atom. The molecule has 0 saturated carbocycles. The van der Waals surface area contributed by atoms with E-state index in [1.54, 1.807) is 0 Å². The molecule has 2 atom stereocenters. The number of allylic oxidation sites excluding steroid dienone is 2. The van der Waals surface area contributed by atoms with Gasteiger partial charge in [0.05, 0.1) is 28.1 Å². The van der Waals surface area contributed by atoms with Crippen molar-refractivity contribution >= 4 is 94.7 Å². The number of para-hydroxylation sites is 7. The quantitative estimate of drug-likeness (QED) is 0.129. The third-order valence-electron chi connectivity index (χ3n) is 16.9. The molecule has 0 N–H and O–H groups in total. The van der Waals surface area contributed by atoms with E-state index in [1.165, 1.54) is 77.3 Å². The van der Waals surface area contributed by atoms with E-state index in [1.807, 2.05) is 0 Å². The van der Waals surface area contributed by atoms with Gasteiger partial charge < -0.3 is 23.8 Å². The topological polar surface area (TPSA) is 19.6 Å². The van der Waals surface area contributed by atoms with Crippen molar-refractivity contribution in [2.24, 2.45) is 0 Å². The Labute approximate surface area is 483 Å². The molecule has 1 aliphatic carbocycles.